The van der Waals surface area contributed by atoms with E-state index in [1.807, 2.05) is 42.5 Å². The number of carbonyl (C=O) groups excluding carboxylic acids is 2. The number of allylic oxidation sites excluding steroid dienone is 1. The monoisotopic (exact) mass is 499 g/mol. The van der Waals surface area contributed by atoms with Crippen molar-refractivity contribution < 1.29 is 23.8 Å². The summed E-state index contributed by atoms with van der Waals surface area (Å²) >= 11 is 7.84. The molecule has 3 atom stereocenters. The molecule has 0 unspecified atom stereocenters. The summed E-state index contributed by atoms with van der Waals surface area (Å²) in [5, 5.41) is 4.38. The summed E-state index contributed by atoms with van der Waals surface area (Å²) < 4.78 is 17.1. The number of thiophene rings is 1. The Morgan fingerprint density at radius 2 is 1.88 bits per heavy atom. The number of amides is 1. The lowest BCUT2D eigenvalue weighted by molar-refractivity contribution is -0.146. The SMILES string of the molecule is CCOC(=O)[C@H](c1ccc(OC)c(OC)c1)[C@H]1C=C[C@@H](NC(=O)c2sc3ccccc3c2Cl)C1. The molecule has 8 heteroatoms. The number of benzene rings is 2. The zero-order valence-electron chi connectivity index (χ0n) is 19.2. The van der Waals surface area contributed by atoms with Crippen LogP contribution in [0.2, 0.25) is 5.02 Å². The number of fused-ring (bicyclic) bond motifs is 1. The first-order valence-electron chi connectivity index (χ1n) is 11.0. The number of rotatable bonds is 8. The molecule has 34 heavy (non-hydrogen) atoms. The molecule has 2 aromatic carbocycles. The molecule has 6 nitrogen and oxygen atoms in total. The van der Waals surface area contributed by atoms with Crippen LogP contribution in [0, 0.1) is 5.92 Å². The van der Waals surface area contributed by atoms with Gasteiger partial charge in [-0.25, -0.2) is 0 Å². The number of esters is 1. The normalized spacial score (nSPS) is 18.0. The maximum Gasteiger partial charge on any atom is 0.314 e. The van der Waals surface area contributed by atoms with Gasteiger partial charge in [0.25, 0.3) is 5.91 Å². The van der Waals surface area contributed by atoms with Crippen molar-refractivity contribution in [1.82, 2.24) is 5.32 Å². The van der Waals surface area contributed by atoms with Gasteiger partial charge in [-0.05, 0) is 43.0 Å². The fraction of sp³-hybridized carbons (Fsp3) is 0.308. The van der Waals surface area contributed by atoms with E-state index in [1.165, 1.54) is 11.3 Å². The third-order valence-corrected chi connectivity index (χ3v) is 7.58. The highest BCUT2D eigenvalue weighted by molar-refractivity contribution is 7.21. The number of halogens is 1. The lowest BCUT2D eigenvalue weighted by atomic mass is 9.85. The zero-order valence-corrected chi connectivity index (χ0v) is 20.7. The molecule has 0 spiro atoms. The lowest BCUT2D eigenvalue weighted by Crippen LogP contribution is -2.33. The van der Waals surface area contributed by atoms with Gasteiger partial charge in [-0.15, -0.1) is 11.3 Å². The first-order chi connectivity index (χ1) is 16.5. The molecule has 0 saturated carbocycles. The maximum atomic E-state index is 13.0. The summed E-state index contributed by atoms with van der Waals surface area (Å²) in [5.74, 6) is -0.0999. The Hall–Kier alpha value is -3.03. The molecule has 1 aromatic heterocycles. The van der Waals surface area contributed by atoms with Gasteiger partial charge in [0, 0.05) is 16.1 Å². The van der Waals surface area contributed by atoms with Crippen molar-refractivity contribution >= 4 is 44.9 Å². The number of nitrogens with one attached hydrogen (secondary N) is 1. The average Bonchev–Trinajstić information content (AvgIpc) is 3.43. The van der Waals surface area contributed by atoms with Crippen molar-refractivity contribution in [2.75, 3.05) is 20.8 Å². The second-order valence-corrected chi connectivity index (χ2v) is 9.38. The molecule has 0 fully saturated rings. The van der Waals surface area contributed by atoms with Crippen LogP contribution in [0.3, 0.4) is 0 Å². The van der Waals surface area contributed by atoms with E-state index in [0.717, 1.165) is 15.6 Å². The van der Waals surface area contributed by atoms with Crippen molar-refractivity contribution in [2.24, 2.45) is 5.92 Å². The molecular weight excluding hydrogens is 474 g/mol. The van der Waals surface area contributed by atoms with Gasteiger partial charge in [-0.1, -0.05) is 48.0 Å². The van der Waals surface area contributed by atoms with E-state index >= 15 is 0 Å². The fourth-order valence-electron chi connectivity index (χ4n) is 4.31. The second-order valence-electron chi connectivity index (χ2n) is 7.95. The van der Waals surface area contributed by atoms with Crippen molar-refractivity contribution in [3.05, 3.63) is 70.1 Å². The lowest BCUT2D eigenvalue weighted by Gasteiger charge is -2.23. The summed E-state index contributed by atoms with van der Waals surface area (Å²) in [5.41, 5.74) is 0.769. The number of hydrogen-bond donors (Lipinski definition) is 1. The third kappa shape index (κ3) is 4.76. The highest BCUT2D eigenvalue weighted by Crippen LogP contribution is 2.39. The highest BCUT2D eigenvalue weighted by Gasteiger charge is 2.35. The summed E-state index contributed by atoms with van der Waals surface area (Å²) in [7, 11) is 3.12. The van der Waals surface area contributed by atoms with E-state index in [2.05, 4.69) is 5.32 Å². The number of methoxy groups -OCH3 is 2. The standard InChI is InChI=1S/C26H26ClNO5S/c1-4-33-26(30)22(16-10-12-19(31-2)20(14-16)32-3)15-9-11-17(13-15)28-25(29)24-23(27)18-7-5-6-8-21(18)34-24/h5-12,14-15,17,22H,4,13H2,1-3H3,(H,28,29)/t15-,17+,22-/m0/s1. The molecular formula is C26H26ClNO5S. The summed E-state index contributed by atoms with van der Waals surface area (Å²) in [6, 6.07) is 12.9. The van der Waals surface area contributed by atoms with Gasteiger partial charge in [0.15, 0.2) is 11.5 Å². The van der Waals surface area contributed by atoms with Crippen LogP contribution < -0.4 is 14.8 Å². The van der Waals surface area contributed by atoms with Crippen molar-refractivity contribution in [3.8, 4) is 11.5 Å². The molecule has 1 amide bonds. The molecule has 178 valence electrons. The van der Waals surface area contributed by atoms with Crippen molar-refractivity contribution in [1.29, 1.82) is 0 Å². The van der Waals surface area contributed by atoms with Gasteiger partial charge in [-0.2, -0.15) is 0 Å². The third-order valence-electron chi connectivity index (χ3n) is 5.91. The van der Waals surface area contributed by atoms with Crippen LogP contribution in [0.5, 0.6) is 11.5 Å². The van der Waals surface area contributed by atoms with Gasteiger partial charge in [0.05, 0.1) is 31.8 Å². The van der Waals surface area contributed by atoms with Crippen molar-refractivity contribution in [3.63, 3.8) is 0 Å². The zero-order chi connectivity index (χ0) is 24.2. The van der Waals surface area contributed by atoms with E-state index < -0.39 is 5.92 Å². The Bertz CT molecular complexity index is 1240. The second kappa shape index (κ2) is 10.5. The molecule has 0 bridgehead atoms. The molecule has 1 aliphatic carbocycles. The largest absolute Gasteiger partial charge is 0.493 e. The Labute approximate surface area is 207 Å². The molecule has 0 radical (unpaired) electrons. The first-order valence-corrected chi connectivity index (χ1v) is 12.2. The van der Waals surface area contributed by atoms with Crippen LogP contribution in [-0.2, 0) is 9.53 Å². The van der Waals surface area contributed by atoms with E-state index in [9.17, 15) is 9.59 Å². The van der Waals surface area contributed by atoms with E-state index in [1.54, 1.807) is 33.3 Å². The highest BCUT2D eigenvalue weighted by atomic mass is 35.5. The number of hydrogen-bond acceptors (Lipinski definition) is 6. The molecule has 0 saturated heterocycles. The predicted molar refractivity (Wildman–Crippen MR) is 134 cm³/mol. The molecule has 4 rings (SSSR count). The van der Waals surface area contributed by atoms with Gasteiger partial charge < -0.3 is 19.5 Å². The van der Waals surface area contributed by atoms with Crippen LogP contribution in [0.4, 0.5) is 0 Å². The maximum absolute atomic E-state index is 13.0. The van der Waals surface area contributed by atoms with Crippen LogP contribution in [0.15, 0.2) is 54.6 Å². The summed E-state index contributed by atoms with van der Waals surface area (Å²) in [4.78, 5) is 26.4. The minimum Gasteiger partial charge on any atom is -0.493 e. The van der Waals surface area contributed by atoms with Gasteiger partial charge in [-0.3, -0.25) is 9.59 Å². The summed E-state index contributed by atoms with van der Waals surface area (Å²) in [6.45, 7) is 2.06. The van der Waals surface area contributed by atoms with Crippen LogP contribution in [-0.4, -0.2) is 38.7 Å². The summed E-state index contributed by atoms with van der Waals surface area (Å²) in [6.07, 6.45) is 4.46. The smallest absolute Gasteiger partial charge is 0.314 e. The average molecular weight is 500 g/mol. The Balaban J connectivity index is 1.53. The number of ether oxygens (including phenoxy) is 3. The van der Waals surface area contributed by atoms with Gasteiger partial charge >= 0.3 is 5.97 Å². The molecule has 0 aliphatic heterocycles. The van der Waals surface area contributed by atoms with Crippen LogP contribution in [0.25, 0.3) is 10.1 Å². The van der Waals surface area contributed by atoms with Crippen molar-refractivity contribution in [2.45, 2.75) is 25.3 Å². The Kier molecular flexibility index (Phi) is 7.44. The first kappa shape index (κ1) is 24.1. The van der Waals surface area contributed by atoms with E-state index in [4.69, 9.17) is 25.8 Å². The molecule has 1 N–H and O–H groups in total. The van der Waals surface area contributed by atoms with Crippen LogP contribution in [0.1, 0.15) is 34.5 Å². The molecule has 1 heterocycles. The topological polar surface area (TPSA) is 73.9 Å². The Morgan fingerprint density at radius 1 is 1.12 bits per heavy atom. The Morgan fingerprint density at radius 3 is 2.59 bits per heavy atom. The predicted octanol–water partition coefficient (Wildman–Crippen LogP) is 5.59. The van der Waals surface area contributed by atoms with Gasteiger partial charge in [0.2, 0.25) is 0 Å². The van der Waals surface area contributed by atoms with Crippen LogP contribution >= 0.6 is 22.9 Å². The van der Waals surface area contributed by atoms with Gasteiger partial charge in [0.1, 0.15) is 4.88 Å². The quantitative estimate of drug-likeness (QED) is 0.323. The van der Waals surface area contributed by atoms with E-state index in [0.29, 0.717) is 27.8 Å². The fourth-order valence-corrected chi connectivity index (χ4v) is 5.73. The van der Waals surface area contributed by atoms with E-state index in [-0.39, 0.29) is 30.4 Å². The molecule has 1 aliphatic rings. The minimum atomic E-state index is -0.536. The minimum absolute atomic E-state index is 0.152. The molecule has 3 aromatic rings. The number of carbonyl (C=O) groups is 2.